The second-order valence-electron chi connectivity index (χ2n) is 4.79. The predicted octanol–water partition coefficient (Wildman–Crippen LogP) is 2.09. The quantitative estimate of drug-likeness (QED) is 0.492. The lowest BCUT2D eigenvalue weighted by molar-refractivity contribution is -0.389. The van der Waals surface area contributed by atoms with Gasteiger partial charge in [0.25, 0.3) is 11.7 Å². The topological polar surface area (TPSA) is 85.6 Å². The molecule has 0 saturated heterocycles. The van der Waals surface area contributed by atoms with Crippen LogP contribution in [0.2, 0.25) is 0 Å². The first-order valence-corrected chi connectivity index (χ1v) is 6.73. The zero-order valence-corrected chi connectivity index (χ0v) is 11.9. The molecule has 0 saturated carbocycles. The highest BCUT2D eigenvalue weighted by Crippen LogP contribution is 2.38. The van der Waals surface area contributed by atoms with Crippen molar-refractivity contribution >= 4 is 17.5 Å². The lowest BCUT2D eigenvalue weighted by atomic mass is 10.1. The molecule has 1 atom stereocenters. The minimum absolute atomic E-state index is 0.0489. The fraction of sp³-hybridized carbons (Fsp3) is 0.125. The smallest absolute Gasteiger partial charge is 0.366 e. The van der Waals surface area contributed by atoms with Crippen molar-refractivity contribution in [1.82, 2.24) is 4.98 Å². The Balaban J connectivity index is 2.08. The summed E-state index contributed by atoms with van der Waals surface area (Å²) in [5, 5.41) is 10.9. The highest BCUT2D eigenvalue weighted by Gasteiger charge is 2.39. The van der Waals surface area contributed by atoms with Crippen molar-refractivity contribution < 1.29 is 14.5 Å². The summed E-state index contributed by atoms with van der Waals surface area (Å²) in [7, 11) is 0. The molecule has 23 heavy (non-hydrogen) atoms. The molecule has 1 unspecified atom stereocenters. The molecule has 1 aromatic heterocycles. The van der Waals surface area contributed by atoms with Crippen LogP contribution in [0.1, 0.15) is 11.7 Å². The first-order chi connectivity index (χ1) is 11.1. The van der Waals surface area contributed by atoms with Gasteiger partial charge in [-0.05, 0) is 16.0 Å². The van der Waals surface area contributed by atoms with Gasteiger partial charge in [0.1, 0.15) is 0 Å². The second kappa shape index (κ2) is 5.77. The van der Waals surface area contributed by atoms with Crippen LogP contribution in [0.3, 0.4) is 0 Å². The molecule has 7 heteroatoms. The predicted molar refractivity (Wildman–Crippen MR) is 81.9 cm³/mol. The maximum atomic E-state index is 12.7. The Morgan fingerprint density at radius 3 is 2.70 bits per heavy atom. The van der Waals surface area contributed by atoms with E-state index < -0.39 is 16.9 Å². The standard InChI is InChI=1S/C16H11N3O4/c1-2-10-18-15-12(8-9-13(17-15)19(21)22)23-14(16(18)20)11-6-4-3-5-7-11/h1,3-9,14H,10H2. The molecule has 2 heterocycles. The van der Waals surface area contributed by atoms with E-state index in [9.17, 15) is 14.9 Å². The minimum atomic E-state index is -0.861. The molecular weight excluding hydrogens is 298 g/mol. The Labute approximate surface area is 131 Å². The SMILES string of the molecule is C#CCN1C(=O)C(c2ccccc2)Oc2ccc([N+](=O)[O-])nc21. The van der Waals surface area contributed by atoms with Gasteiger partial charge in [0.05, 0.1) is 6.54 Å². The zero-order chi connectivity index (χ0) is 16.4. The van der Waals surface area contributed by atoms with Gasteiger partial charge in [-0.15, -0.1) is 6.42 Å². The monoisotopic (exact) mass is 309 g/mol. The molecule has 114 valence electrons. The van der Waals surface area contributed by atoms with Gasteiger partial charge < -0.3 is 14.9 Å². The molecule has 1 amide bonds. The van der Waals surface area contributed by atoms with Crippen LogP contribution in [0.4, 0.5) is 11.6 Å². The van der Waals surface area contributed by atoms with E-state index in [1.807, 2.05) is 6.07 Å². The van der Waals surface area contributed by atoms with Crippen LogP contribution in [-0.2, 0) is 4.79 Å². The number of aromatic nitrogens is 1. The summed E-state index contributed by atoms with van der Waals surface area (Å²) in [6.45, 7) is -0.0489. The number of benzene rings is 1. The number of ether oxygens (including phenoxy) is 1. The van der Waals surface area contributed by atoms with Gasteiger partial charge in [0.15, 0.2) is 5.75 Å². The highest BCUT2D eigenvalue weighted by molar-refractivity contribution is 6.00. The summed E-state index contributed by atoms with van der Waals surface area (Å²) >= 11 is 0. The van der Waals surface area contributed by atoms with Crippen molar-refractivity contribution in [2.45, 2.75) is 6.10 Å². The summed E-state index contributed by atoms with van der Waals surface area (Å²) in [6, 6.07) is 11.6. The molecule has 1 aromatic carbocycles. The molecule has 0 aliphatic carbocycles. The second-order valence-corrected chi connectivity index (χ2v) is 4.79. The van der Waals surface area contributed by atoms with Crippen molar-refractivity contribution in [3.8, 4) is 18.1 Å². The van der Waals surface area contributed by atoms with Crippen molar-refractivity contribution in [2.75, 3.05) is 11.4 Å². The number of carbonyl (C=O) groups excluding carboxylic acids is 1. The van der Waals surface area contributed by atoms with E-state index >= 15 is 0 Å². The fourth-order valence-electron chi connectivity index (χ4n) is 2.32. The number of carbonyl (C=O) groups is 1. The summed E-state index contributed by atoms with van der Waals surface area (Å²) < 4.78 is 5.70. The number of nitro groups is 1. The summed E-state index contributed by atoms with van der Waals surface area (Å²) in [5.41, 5.74) is 0.670. The molecule has 0 spiro atoms. The normalized spacial score (nSPS) is 16.2. The molecule has 1 aliphatic heterocycles. The number of terminal acetylenes is 1. The van der Waals surface area contributed by atoms with Gasteiger partial charge in [-0.2, -0.15) is 0 Å². The highest BCUT2D eigenvalue weighted by atomic mass is 16.6. The van der Waals surface area contributed by atoms with E-state index in [-0.39, 0.29) is 23.9 Å². The molecule has 0 radical (unpaired) electrons. The number of amides is 1. The number of rotatable bonds is 3. The molecule has 0 N–H and O–H groups in total. The molecule has 7 nitrogen and oxygen atoms in total. The largest absolute Gasteiger partial charge is 0.469 e. The van der Waals surface area contributed by atoms with E-state index in [2.05, 4.69) is 10.9 Å². The average molecular weight is 309 g/mol. The minimum Gasteiger partial charge on any atom is -0.469 e. The van der Waals surface area contributed by atoms with E-state index in [1.165, 1.54) is 17.0 Å². The van der Waals surface area contributed by atoms with Crippen molar-refractivity contribution in [3.63, 3.8) is 0 Å². The Morgan fingerprint density at radius 2 is 2.04 bits per heavy atom. The van der Waals surface area contributed by atoms with Crippen molar-refractivity contribution in [3.05, 3.63) is 58.1 Å². The van der Waals surface area contributed by atoms with Crippen LogP contribution in [0, 0.1) is 22.5 Å². The number of hydrogen-bond acceptors (Lipinski definition) is 5. The van der Waals surface area contributed by atoms with Crippen molar-refractivity contribution in [2.24, 2.45) is 0 Å². The van der Waals surface area contributed by atoms with E-state index in [1.54, 1.807) is 24.3 Å². The Hall–Kier alpha value is -3.40. The molecular formula is C16H11N3O4. The lowest BCUT2D eigenvalue weighted by Crippen LogP contribution is -2.42. The van der Waals surface area contributed by atoms with Crippen LogP contribution < -0.4 is 9.64 Å². The third-order valence-corrected chi connectivity index (χ3v) is 3.35. The third kappa shape index (κ3) is 2.58. The van der Waals surface area contributed by atoms with E-state index in [4.69, 9.17) is 11.2 Å². The van der Waals surface area contributed by atoms with E-state index in [0.29, 0.717) is 5.56 Å². The molecule has 0 fully saturated rings. The van der Waals surface area contributed by atoms with Gasteiger partial charge in [-0.3, -0.25) is 9.69 Å². The molecule has 3 rings (SSSR count). The summed E-state index contributed by atoms with van der Waals surface area (Å²) in [6.07, 6.45) is 4.45. The summed E-state index contributed by atoms with van der Waals surface area (Å²) in [4.78, 5) is 28.0. The molecule has 0 bridgehead atoms. The first kappa shape index (κ1) is 14.5. The first-order valence-electron chi connectivity index (χ1n) is 6.73. The maximum Gasteiger partial charge on any atom is 0.366 e. The number of fused-ring (bicyclic) bond motifs is 1. The van der Waals surface area contributed by atoms with Crippen LogP contribution in [-0.4, -0.2) is 22.4 Å². The van der Waals surface area contributed by atoms with Crippen LogP contribution >= 0.6 is 0 Å². The Morgan fingerprint density at radius 1 is 1.30 bits per heavy atom. The zero-order valence-electron chi connectivity index (χ0n) is 11.9. The average Bonchev–Trinajstić information content (AvgIpc) is 2.57. The number of pyridine rings is 1. The van der Waals surface area contributed by atoms with Gasteiger partial charge in [-0.25, -0.2) is 0 Å². The van der Waals surface area contributed by atoms with Gasteiger partial charge in [0, 0.05) is 11.6 Å². The van der Waals surface area contributed by atoms with Crippen LogP contribution in [0.25, 0.3) is 0 Å². The Kier molecular flexibility index (Phi) is 3.65. The van der Waals surface area contributed by atoms with Gasteiger partial charge >= 0.3 is 5.82 Å². The third-order valence-electron chi connectivity index (χ3n) is 3.35. The number of hydrogen-bond donors (Lipinski definition) is 0. The number of anilines is 1. The van der Waals surface area contributed by atoms with Gasteiger partial charge in [-0.1, -0.05) is 36.3 Å². The van der Waals surface area contributed by atoms with Crippen LogP contribution in [0.5, 0.6) is 5.75 Å². The van der Waals surface area contributed by atoms with Crippen LogP contribution in [0.15, 0.2) is 42.5 Å². The Bertz CT molecular complexity index is 814. The van der Waals surface area contributed by atoms with Crippen molar-refractivity contribution in [1.29, 1.82) is 0 Å². The number of nitrogens with zero attached hydrogens (tertiary/aromatic N) is 3. The molecule has 1 aliphatic rings. The fourth-order valence-corrected chi connectivity index (χ4v) is 2.32. The lowest BCUT2D eigenvalue weighted by Gasteiger charge is -2.30. The van der Waals surface area contributed by atoms with Gasteiger partial charge in [0.2, 0.25) is 6.10 Å². The van der Waals surface area contributed by atoms with E-state index in [0.717, 1.165) is 0 Å². The maximum absolute atomic E-state index is 12.7. The molecule has 2 aromatic rings. The summed E-state index contributed by atoms with van der Waals surface area (Å²) in [5.74, 6) is 1.93.